The molecule has 0 aromatic heterocycles. The zero-order chi connectivity index (χ0) is 13.5. The minimum Gasteiger partial charge on any atom is -0.356 e. The van der Waals surface area contributed by atoms with Crippen LogP contribution in [0.1, 0.15) is 34.1 Å². The smallest absolute Gasteiger partial charge is 0.243 e. The van der Waals surface area contributed by atoms with E-state index in [1.165, 1.54) is 4.90 Å². The lowest BCUT2D eigenvalue weighted by atomic mass is 10.1. The van der Waals surface area contributed by atoms with Crippen LogP contribution in [0.3, 0.4) is 0 Å². The third-order valence-electron chi connectivity index (χ3n) is 1.91. The van der Waals surface area contributed by atoms with E-state index >= 15 is 0 Å². The molecule has 0 radical (unpaired) electrons. The molecule has 0 rings (SSSR count). The molecule has 0 atom stereocenters. The van der Waals surface area contributed by atoms with Crippen LogP contribution in [-0.4, -0.2) is 49.5 Å². The van der Waals surface area contributed by atoms with Gasteiger partial charge in [-0.2, -0.15) is 0 Å². The first-order chi connectivity index (χ1) is 7.76. The van der Waals surface area contributed by atoms with E-state index in [2.05, 4.69) is 43.3 Å². The fraction of sp³-hybridized carbons (Fsp3) is 0.833. The number of halogens is 1. The van der Waals surface area contributed by atoms with Gasteiger partial charge in [-0.25, -0.2) is 4.99 Å². The van der Waals surface area contributed by atoms with Gasteiger partial charge in [-0.3, -0.25) is 4.79 Å². The number of hydrogen-bond acceptors (Lipinski definition) is 2. The van der Waals surface area contributed by atoms with Crippen LogP contribution in [-0.2, 0) is 4.79 Å². The van der Waals surface area contributed by atoms with Crippen molar-refractivity contribution >= 4 is 35.8 Å². The number of nitrogens with zero attached hydrogens (tertiary/aromatic N) is 2. The third kappa shape index (κ3) is 10.6. The Balaban J connectivity index is 0. The first-order valence-corrected chi connectivity index (χ1v) is 6.03. The SMILES string of the molecule is CCCNC(=NCC(=O)N(C)C)NC(C)(C)C.I. The van der Waals surface area contributed by atoms with E-state index in [4.69, 9.17) is 0 Å². The Labute approximate surface area is 128 Å². The second kappa shape index (κ2) is 9.41. The molecular formula is C12H27IN4O. The number of guanidine groups is 1. The average molecular weight is 370 g/mol. The molecule has 0 aromatic rings. The maximum absolute atomic E-state index is 11.4. The lowest BCUT2D eigenvalue weighted by Crippen LogP contribution is -2.48. The van der Waals surface area contributed by atoms with Crippen molar-refractivity contribution in [3.8, 4) is 0 Å². The molecular weight excluding hydrogens is 343 g/mol. The monoisotopic (exact) mass is 370 g/mol. The quantitative estimate of drug-likeness (QED) is 0.447. The molecule has 5 nitrogen and oxygen atoms in total. The predicted octanol–water partition coefficient (Wildman–Crippen LogP) is 1.44. The van der Waals surface area contributed by atoms with Gasteiger partial charge in [0.2, 0.25) is 5.91 Å². The summed E-state index contributed by atoms with van der Waals surface area (Å²) in [7, 11) is 3.46. The van der Waals surface area contributed by atoms with E-state index < -0.39 is 0 Å². The van der Waals surface area contributed by atoms with Crippen LogP contribution in [0.5, 0.6) is 0 Å². The van der Waals surface area contributed by atoms with Gasteiger partial charge >= 0.3 is 0 Å². The highest BCUT2D eigenvalue weighted by molar-refractivity contribution is 14.0. The normalized spacial score (nSPS) is 11.6. The second-order valence-corrected chi connectivity index (χ2v) is 5.25. The molecule has 2 N–H and O–H groups in total. The van der Waals surface area contributed by atoms with Crippen molar-refractivity contribution in [2.45, 2.75) is 39.7 Å². The maximum Gasteiger partial charge on any atom is 0.243 e. The van der Waals surface area contributed by atoms with Gasteiger partial charge in [0, 0.05) is 26.2 Å². The van der Waals surface area contributed by atoms with Gasteiger partial charge < -0.3 is 15.5 Å². The van der Waals surface area contributed by atoms with E-state index in [9.17, 15) is 4.79 Å². The molecule has 1 amide bonds. The molecule has 0 aliphatic rings. The number of nitrogens with one attached hydrogen (secondary N) is 2. The minimum atomic E-state index is -0.0687. The van der Waals surface area contributed by atoms with E-state index in [1.54, 1.807) is 14.1 Å². The Morgan fingerprint density at radius 1 is 1.28 bits per heavy atom. The highest BCUT2D eigenvalue weighted by Gasteiger charge is 2.12. The van der Waals surface area contributed by atoms with Gasteiger partial charge in [0.15, 0.2) is 5.96 Å². The molecule has 0 spiro atoms. The summed E-state index contributed by atoms with van der Waals surface area (Å²) in [6, 6.07) is 0. The van der Waals surface area contributed by atoms with Gasteiger partial charge in [0.25, 0.3) is 0 Å². The Bertz CT molecular complexity index is 272. The van der Waals surface area contributed by atoms with Crippen molar-refractivity contribution in [1.82, 2.24) is 15.5 Å². The summed E-state index contributed by atoms with van der Waals surface area (Å²) in [6.07, 6.45) is 1.02. The predicted molar refractivity (Wildman–Crippen MR) is 87.6 cm³/mol. The van der Waals surface area contributed by atoms with Gasteiger partial charge in [0.1, 0.15) is 6.54 Å². The molecule has 0 saturated heterocycles. The summed E-state index contributed by atoms with van der Waals surface area (Å²) >= 11 is 0. The van der Waals surface area contributed by atoms with Crippen LogP contribution in [0.2, 0.25) is 0 Å². The van der Waals surface area contributed by atoms with Crippen LogP contribution in [0.15, 0.2) is 4.99 Å². The summed E-state index contributed by atoms with van der Waals surface area (Å²) in [5, 5.41) is 6.44. The lowest BCUT2D eigenvalue weighted by molar-refractivity contribution is -0.127. The minimum absolute atomic E-state index is 0. The Kier molecular flexibility index (Phi) is 10.3. The van der Waals surface area contributed by atoms with Crippen LogP contribution in [0.4, 0.5) is 0 Å². The van der Waals surface area contributed by atoms with Crippen molar-refractivity contribution in [3.63, 3.8) is 0 Å². The zero-order valence-corrected chi connectivity index (χ0v) is 14.7. The van der Waals surface area contributed by atoms with Gasteiger partial charge in [-0.1, -0.05) is 6.92 Å². The van der Waals surface area contributed by atoms with E-state index in [-0.39, 0.29) is 42.0 Å². The highest BCUT2D eigenvalue weighted by atomic mass is 127. The number of hydrogen-bond donors (Lipinski definition) is 2. The Morgan fingerprint density at radius 2 is 1.83 bits per heavy atom. The van der Waals surface area contributed by atoms with Gasteiger partial charge in [0.05, 0.1) is 0 Å². The summed E-state index contributed by atoms with van der Waals surface area (Å²) in [5.74, 6) is 0.686. The van der Waals surface area contributed by atoms with Crippen molar-refractivity contribution < 1.29 is 4.79 Å². The molecule has 0 saturated carbocycles. The summed E-state index contributed by atoms with van der Waals surface area (Å²) < 4.78 is 0. The lowest BCUT2D eigenvalue weighted by Gasteiger charge is -2.24. The number of carbonyl (C=O) groups excluding carboxylic acids is 1. The topological polar surface area (TPSA) is 56.7 Å². The molecule has 0 aromatic carbocycles. The Morgan fingerprint density at radius 3 is 2.22 bits per heavy atom. The molecule has 0 unspecified atom stereocenters. The molecule has 18 heavy (non-hydrogen) atoms. The second-order valence-electron chi connectivity index (χ2n) is 5.25. The molecule has 108 valence electrons. The van der Waals surface area contributed by atoms with Crippen LogP contribution in [0.25, 0.3) is 0 Å². The largest absolute Gasteiger partial charge is 0.356 e. The van der Waals surface area contributed by atoms with Crippen molar-refractivity contribution in [2.24, 2.45) is 4.99 Å². The molecule has 0 bridgehead atoms. The highest BCUT2D eigenvalue weighted by Crippen LogP contribution is 1.98. The van der Waals surface area contributed by atoms with Crippen LogP contribution >= 0.6 is 24.0 Å². The Hall–Kier alpha value is -0.530. The number of carbonyl (C=O) groups is 1. The van der Waals surface area contributed by atoms with E-state index in [1.807, 2.05) is 0 Å². The number of amides is 1. The standard InChI is InChI=1S/C12H26N4O.HI/c1-7-8-13-11(15-12(2,3)4)14-9-10(17)16(5)6;/h7-9H2,1-6H3,(H2,13,14,15);1H. The average Bonchev–Trinajstić information content (AvgIpc) is 2.19. The third-order valence-corrected chi connectivity index (χ3v) is 1.91. The van der Waals surface area contributed by atoms with Crippen LogP contribution < -0.4 is 10.6 Å². The summed E-state index contributed by atoms with van der Waals surface area (Å²) in [4.78, 5) is 17.3. The summed E-state index contributed by atoms with van der Waals surface area (Å²) in [6.45, 7) is 9.28. The van der Waals surface area contributed by atoms with Gasteiger partial charge in [-0.05, 0) is 27.2 Å². The zero-order valence-electron chi connectivity index (χ0n) is 12.3. The van der Waals surface area contributed by atoms with Gasteiger partial charge in [-0.15, -0.1) is 24.0 Å². The first-order valence-electron chi connectivity index (χ1n) is 6.03. The van der Waals surface area contributed by atoms with Crippen molar-refractivity contribution in [1.29, 1.82) is 0 Å². The number of aliphatic imine (C=N–C) groups is 1. The summed E-state index contributed by atoms with van der Waals surface area (Å²) in [5.41, 5.74) is -0.0687. The van der Waals surface area contributed by atoms with E-state index in [0.29, 0.717) is 5.96 Å². The van der Waals surface area contributed by atoms with Crippen molar-refractivity contribution in [3.05, 3.63) is 0 Å². The molecule has 0 aliphatic heterocycles. The first kappa shape index (κ1) is 19.8. The number of rotatable bonds is 4. The fourth-order valence-electron chi connectivity index (χ4n) is 1.03. The molecule has 0 heterocycles. The molecule has 6 heteroatoms. The van der Waals surface area contributed by atoms with E-state index in [0.717, 1.165) is 13.0 Å². The molecule has 0 aliphatic carbocycles. The van der Waals surface area contributed by atoms with Crippen molar-refractivity contribution in [2.75, 3.05) is 27.2 Å². The fourth-order valence-corrected chi connectivity index (χ4v) is 1.03. The molecule has 0 fully saturated rings. The number of likely N-dealkylation sites (N-methyl/N-ethyl adjacent to an activating group) is 1. The van der Waals surface area contributed by atoms with Crippen LogP contribution in [0, 0.1) is 0 Å². The maximum atomic E-state index is 11.4.